The van der Waals surface area contributed by atoms with Crippen molar-refractivity contribution in [2.45, 2.75) is 6.92 Å². The van der Waals surface area contributed by atoms with Gasteiger partial charge in [-0.25, -0.2) is 0 Å². The predicted molar refractivity (Wildman–Crippen MR) is 58.4 cm³/mol. The van der Waals surface area contributed by atoms with Gasteiger partial charge in [-0.15, -0.1) is 0 Å². The number of aliphatic hydroxyl groups is 1. The monoisotopic (exact) mass is 190 g/mol. The van der Waals surface area contributed by atoms with E-state index in [0.717, 1.165) is 5.57 Å². The van der Waals surface area contributed by atoms with Crippen molar-refractivity contribution < 1.29 is 9.84 Å². The van der Waals surface area contributed by atoms with Gasteiger partial charge in [-0.3, -0.25) is 0 Å². The minimum atomic E-state index is 0.0160. The van der Waals surface area contributed by atoms with Crippen molar-refractivity contribution in [1.29, 1.82) is 0 Å². The van der Waals surface area contributed by atoms with Crippen LogP contribution >= 0.6 is 0 Å². The van der Waals surface area contributed by atoms with E-state index in [0.29, 0.717) is 17.9 Å². The van der Waals surface area contributed by atoms with Crippen molar-refractivity contribution in [1.82, 2.24) is 0 Å². The first kappa shape index (κ1) is 10.4. The molecule has 0 saturated carbocycles. The van der Waals surface area contributed by atoms with E-state index >= 15 is 0 Å². The highest BCUT2D eigenvalue weighted by atomic mass is 16.5. The number of hydrogen-bond acceptors (Lipinski definition) is 2. The van der Waals surface area contributed by atoms with Gasteiger partial charge in [0.25, 0.3) is 0 Å². The maximum Gasteiger partial charge on any atom is 0.130 e. The van der Waals surface area contributed by atoms with Crippen molar-refractivity contribution in [3.05, 3.63) is 48.6 Å². The number of ether oxygens (including phenoxy) is 1. The number of rotatable bonds is 4. The molecule has 0 aliphatic rings. The van der Waals surface area contributed by atoms with Crippen LogP contribution in [0.4, 0.5) is 0 Å². The van der Waals surface area contributed by atoms with E-state index in [1.54, 1.807) is 12.1 Å². The summed E-state index contributed by atoms with van der Waals surface area (Å²) >= 11 is 0. The van der Waals surface area contributed by atoms with Gasteiger partial charge in [0.05, 0.1) is 5.56 Å². The highest BCUT2D eigenvalue weighted by Crippen LogP contribution is 2.23. The van der Waals surface area contributed by atoms with Gasteiger partial charge in [-0.1, -0.05) is 25.3 Å². The molecule has 0 spiro atoms. The summed E-state index contributed by atoms with van der Waals surface area (Å²) in [4.78, 5) is 0. The molecule has 2 heteroatoms. The zero-order chi connectivity index (χ0) is 10.6. The van der Waals surface area contributed by atoms with Crippen LogP contribution in [0.2, 0.25) is 0 Å². The fourth-order valence-electron chi connectivity index (χ4n) is 1.03. The van der Waals surface area contributed by atoms with Crippen LogP contribution < -0.4 is 4.74 Å². The molecular formula is C12H14O2. The molecule has 74 valence electrons. The Balaban J connectivity index is 2.84. The Hall–Kier alpha value is -1.70. The third-order valence-electron chi connectivity index (χ3n) is 1.67. The highest BCUT2D eigenvalue weighted by Gasteiger charge is 2.04. The second-order valence-corrected chi connectivity index (χ2v) is 3.19. The zero-order valence-corrected chi connectivity index (χ0v) is 8.29. The Morgan fingerprint density at radius 2 is 2.00 bits per heavy atom. The fourth-order valence-corrected chi connectivity index (χ4v) is 1.03. The quantitative estimate of drug-likeness (QED) is 0.583. The summed E-state index contributed by atoms with van der Waals surface area (Å²) in [6, 6.07) is 7.22. The van der Waals surface area contributed by atoms with E-state index in [-0.39, 0.29) is 5.76 Å². The molecule has 0 saturated heterocycles. The molecule has 1 aromatic rings. The highest BCUT2D eigenvalue weighted by molar-refractivity contribution is 5.62. The van der Waals surface area contributed by atoms with E-state index in [1.807, 2.05) is 19.1 Å². The second-order valence-electron chi connectivity index (χ2n) is 3.19. The fraction of sp³-hybridized carbons (Fsp3) is 0.167. The summed E-state index contributed by atoms with van der Waals surface area (Å²) in [6.45, 7) is 9.54. The van der Waals surface area contributed by atoms with Gasteiger partial charge in [-0.2, -0.15) is 0 Å². The first-order chi connectivity index (χ1) is 6.61. The Morgan fingerprint density at radius 3 is 2.57 bits per heavy atom. The van der Waals surface area contributed by atoms with Crippen LogP contribution in [0, 0.1) is 0 Å². The molecule has 1 rings (SSSR count). The van der Waals surface area contributed by atoms with E-state index in [1.165, 1.54) is 0 Å². The van der Waals surface area contributed by atoms with Gasteiger partial charge in [-0.05, 0) is 24.6 Å². The number of para-hydroxylation sites is 1. The van der Waals surface area contributed by atoms with Crippen LogP contribution in [0.25, 0.3) is 5.76 Å². The molecule has 1 aromatic carbocycles. The van der Waals surface area contributed by atoms with Gasteiger partial charge in [0, 0.05) is 0 Å². The Kier molecular flexibility index (Phi) is 3.35. The summed E-state index contributed by atoms with van der Waals surface area (Å²) in [7, 11) is 0. The van der Waals surface area contributed by atoms with Crippen molar-refractivity contribution in [2.75, 3.05) is 6.61 Å². The van der Waals surface area contributed by atoms with E-state index in [2.05, 4.69) is 13.2 Å². The summed E-state index contributed by atoms with van der Waals surface area (Å²) in [5, 5.41) is 9.27. The lowest BCUT2D eigenvalue weighted by molar-refractivity contribution is 0.349. The van der Waals surface area contributed by atoms with Crippen LogP contribution in [-0.4, -0.2) is 11.7 Å². The normalized spacial score (nSPS) is 9.50. The Labute approximate surface area is 84.1 Å². The molecule has 0 amide bonds. The van der Waals surface area contributed by atoms with Gasteiger partial charge in [0.2, 0.25) is 0 Å². The summed E-state index contributed by atoms with van der Waals surface area (Å²) < 4.78 is 5.44. The summed E-state index contributed by atoms with van der Waals surface area (Å²) in [5.74, 6) is 0.644. The smallest absolute Gasteiger partial charge is 0.130 e. The molecule has 0 fully saturated rings. The third kappa shape index (κ3) is 2.66. The van der Waals surface area contributed by atoms with E-state index < -0.39 is 0 Å². The van der Waals surface area contributed by atoms with Crippen molar-refractivity contribution >= 4 is 5.76 Å². The molecular weight excluding hydrogens is 176 g/mol. The van der Waals surface area contributed by atoms with Crippen molar-refractivity contribution in [2.24, 2.45) is 0 Å². The molecule has 0 heterocycles. The van der Waals surface area contributed by atoms with Gasteiger partial charge < -0.3 is 9.84 Å². The average Bonchev–Trinajstić information content (AvgIpc) is 2.15. The van der Waals surface area contributed by atoms with Crippen LogP contribution in [-0.2, 0) is 0 Å². The Morgan fingerprint density at radius 1 is 1.36 bits per heavy atom. The summed E-state index contributed by atoms with van der Waals surface area (Å²) in [6.07, 6.45) is 0. The Bertz CT molecular complexity index is 353. The van der Waals surface area contributed by atoms with Crippen molar-refractivity contribution in [3.8, 4) is 5.75 Å². The molecule has 0 unspecified atom stereocenters. The third-order valence-corrected chi connectivity index (χ3v) is 1.67. The lowest BCUT2D eigenvalue weighted by atomic mass is 10.2. The number of hydrogen-bond donors (Lipinski definition) is 1. The molecule has 2 nitrogen and oxygen atoms in total. The molecule has 0 aromatic heterocycles. The zero-order valence-electron chi connectivity index (χ0n) is 8.29. The van der Waals surface area contributed by atoms with Crippen LogP contribution in [0.1, 0.15) is 12.5 Å². The van der Waals surface area contributed by atoms with Crippen LogP contribution in [0.15, 0.2) is 43.0 Å². The van der Waals surface area contributed by atoms with E-state index in [4.69, 9.17) is 4.74 Å². The predicted octanol–water partition coefficient (Wildman–Crippen LogP) is 3.17. The number of aliphatic hydroxyl groups excluding tert-OH is 1. The largest absolute Gasteiger partial charge is 0.508 e. The number of benzene rings is 1. The standard InChI is InChI=1S/C12H14O2/c1-9(2)8-14-12-7-5-4-6-11(12)10(3)13/h4-7,13H,1,3,8H2,2H3. The first-order valence-corrected chi connectivity index (χ1v) is 4.35. The lowest BCUT2D eigenvalue weighted by Gasteiger charge is -2.09. The SMILES string of the molecule is C=C(C)COc1ccccc1C(=C)O. The molecule has 0 bridgehead atoms. The van der Waals surface area contributed by atoms with Gasteiger partial charge >= 0.3 is 0 Å². The average molecular weight is 190 g/mol. The second kappa shape index (κ2) is 4.51. The topological polar surface area (TPSA) is 29.5 Å². The van der Waals surface area contributed by atoms with Crippen molar-refractivity contribution in [3.63, 3.8) is 0 Å². The summed E-state index contributed by atoms with van der Waals surface area (Å²) in [5.41, 5.74) is 1.55. The molecule has 1 N–H and O–H groups in total. The maximum atomic E-state index is 9.27. The maximum absolute atomic E-state index is 9.27. The minimum Gasteiger partial charge on any atom is -0.508 e. The molecule has 0 aliphatic heterocycles. The van der Waals surface area contributed by atoms with Crippen LogP contribution in [0.3, 0.4) is 0 Å². The van der Waals surface area contributed by atoms with Gasteiger partial charge in [0.15, 0.2) is 0 Å². The lowest BCUT2D eigenvalue weighted by Crippen LogP contribution is -1.99. The molecule has 14 heavy (non-hydrogen) atoms. The van der Waals surface area contributed by atoms with Crippen LogP contribution in [0.5, 0.6) is 5.75 Å². The molecule has 0 atom stereocenters. The first-order valence-electron chi connectivity index (χ1n) is 4.35. The van der Waals surface area contributed by atoms with Gasteiger partial charge in [0.1, 0.15) is 18.1 Å². The van der Waals surface area contributed by atoms with E-state index in [9.17, 15) is 5.11 Å². The minimum absolute atomic E-state index is 0.0160. The molecule has 0 radical (unpaired) electrons. The molecule has 0 aliphatic carbocycles.